The third-order valence-electron chi connectivity index (χ3n) is 4.47. The summed E-state index contributed by atoms with van der Waals surface area (Å²) in [6.45, 7) is 2.29. The van der Waals surface area contributed by atoms with Crippen LogP contribution in [0.15, 0.2) is 0 Å². The lowest BCUT2D eigenvalue weighted by Crippen LogP contribution is -2.44. The number of nitrogens with one attached hydrogen (secondary N) is 1. The maximum absolute atomic E-state index is 9.79. The fourth-order valence-corrected chi connectivity index (χ4v) is 3.46. The summed E-state index contributed by atoms with van der Waals surface area (Å²) >= 11 is 0. The molecule has 2 N–H and O–H groups in total. The average Bonchev–Trinajstić information content (AvgIpc) is 2.68. The molecule has 0 saturated heterocycles. The zero-order valence-corrected chi connectivity index (χ0v) is 10.6. The van der Waals surface area contributed by atoms with E-state index in [0.29, 0.717) is 12.1 Å². The van der Waals surface area contributed by atoms with E-state index in [9.17, 15) is 5.11 Å². The average molecular weight is 225 g/mol. The van der Waals surface area contributed by atoms with Crippen LogP contribution in [-0.2, 0) is 0 Å². The molecule has 2 fully saturated rings. The van der Waals surface area contributed by atoms with Gasteiger partial charge >= 0.3 is 0 Å². The third-order valence-corrected chi connectivity index (χ3v) is 4.47. The van der Waals surface area contributed by atoms with Crippen molar-refractivity contribution >= 4 is 0 Å². The zero-order chi connectivity index (χ0) is 11.4. The van der Waals surface area contributed by atoms with E-state index in [1.165, 1.54) is 51.4 Å². The molecule has 0 unspecified atom stereocenters. The van der Waals surface area contributed by atoms with Crippen LogP contribution >= 0.6 is 0 Å². The Morgan fingerprint density at radius 3 is 2.38 bits per heavy atom. The van der Waals surface area contributed by atoms with Gasteiger partial charge in [0.25, 0.3) is 0 Å². The Hall–Kier alpha value is -0.0800. The Bertz CT molecular complexity index is 199. The highest BCUT2D eigenvalue weighted by Crippen LogP contribution is 2.29. The minimum absolute atomic E-state index is 0.0756. The molecule has 0 spiro atoms. The van der Waals surface area contributed by atoms with Gasteiger partial charge in [-0.1, -0.05) is 19.8 Å². The molecular formula is C14H27NO. The Morgan fingerprint density at radius 2 is 1.81 bits per heavy atom. The van der Waals surface area contributed by atoms with Crippen LogP contribution in [0.1, 0.15) is 64.7 Å². The monoisotopic (exact) mass is 225 g/mol. The van der Waals surface area contributed by atoms with Gasteiger partial charge in [-0.2, -0.15) is 0 Å². The lowest BCUT2D eigenvalue weighted by atomic mass is 9.83. The van der Waals surface area contributed by atoms with Gasteiger partial charge < -0.3 is 10.4 Å². The van der Waals surface area contributed by atoms with Crippen molar-refractivity contribution in [1.29, 1.82) is 0 Å². The van der Waals surface area contributed by atoms with Gasteiger partial charge in [0, 0.05) is 12.1 Å². The van der Waals surface area contributed by atoms with Crippen molar-refractivity contribution in [3.8, 4) is 0 Å². The predicted molar refractivity (Wildman–Crippen MR) is 67.4 cm³/mol. The molecule has 0 heterocycles. The summed E-state index contributed by atoms with van der Waals surface area (Å²) in [4.78, 5) is 0. The van der Waals surface area contributed by atoms with E-state index in [4.69, 9.17) is 0 Å². The molecule has 0 aromatic carbocycles. The first-order valence-electron chi connectivity index (χ1n) is 7.23. The molecule has 16 heavy (non-hydrogen) atoms. The van der Waals surface area contributed by atoms with E-state index in [2.05, 4.69) is 12.2 Å². The molecule has 0 radical (unpaired) electrons. The second-order valence-corrected chi connectivity index (χ2v) is 5.78. The van der Waals surface area contributed by atoms with Gasteiger partial charge in [-0.15, -0.1) is 0 Å². The molecular weight excluding hydrogens is 198 g/mol. The van der Waals surface area contributed by atoms with Crippen molar-refractivity contribution in [2.45, 2.75) is 82.9 Å². The largest absolute Gasteiger partial charge is 0.392 e. The Kier molecular flexibility index (Phi) is 4.66. The van der Waals surface area contributed by atoms with Crippen molar-refractivity contribution in [2.24, 2.45) is 5.92 Å². The van der Waals surface area contributed by atoms with E-state index in [1.54, 1.807) is 0 Å². The summed E-state index contributed by atoms with van der Waals surface area (Å²) in [5.41, 5.74) is 0. The molecule has 0 amide bonds. The van der Waals surface area contributed by atoms with Crippen LogP contribution in [0.3, 0.4) is 0 Å². The van der Waals surface area contributed by atoms with Crippen molar-refractivity contribution in [3.63, 3.8) is 0 Å². The third kappa shape index (κ3) is 3.21. The molecule has 2 heteroatoms. The summed E-state index contributed by atoms with van der Waals surface area (Å²) < 4.78 is 0. The summed E-state index contributed by atoms with van der Waals surface area (Å²) in [5.74, 6) is 0.983. The molecule has 2 aliphatic carbocycles. The van der Waals surface area contributed by atoms with Crippen molar-refractivity contribution < 1.29 is 5.11 Å². The summed E-state index contributed by atoms with van der Waals surface area (Å²) in [6, 6.07) is 1.08. The molecule has 0 aliphatic heterocycles. The van der Waals surface area contributed by atoms with Crippen LogP contribution in [0.4, 0.5) is 0 Å². The van der Waals surface area contributed by atoms with Crippen LogP contribution in [0.2, 0.25) is 0 Å². The molecule has 2 atom stereocenters. The van der Waals surface area contributed by atoms with Crippen LogP contribution < -0.4 is 5.32 Å². The van der Waals surface area contributed by atoms with Crippen molar-refractivity contribution in [3.05, 3.63) is 0 Å². The lowest BCUT2D eigenvalue weighted by Gasteiger charge is -2.32. The fraction of sp³-hybridized carbons (Fsp3) is 1.00. The topological polar surface area (TPSA) is 32.3 Å². The number of aliphatic hydroxyl groups is 1. The second-order valence-electron chi connectivity index (χ2n) is 5.78. The standard InChI is InChI=1S/C14H27NO/c1-2-4-11-7-9-12(10-8-11)15-13-5-3-6-14(13)16/h11-16H,2-10H2,1H3/t11?,12?,13-,14-/m1/s1. The van der Waals surface area contributed by atoms with Gasteiger partial charge in [-0.25, -0.2) is 0 Å². The molecule has 0 aromatic rings. The minimum Gasteiger partial charge on any atom is -0.392 e. The summed E-state index contributed by atoms with van der Waals surface area (Å²) in [5, 5.41) is 13.5. The first-order chi connectivity index (χ1) is 7.79. The molecule has 2 saturated carbocycles. The second kappa shape index (κ2) is 6.02. The van der Waals surface area contributed by atoms with E-state index in [0.717, 1.165) is 12.3 Å². The summed E-state index contributed by atoms with van der Waals surface area (Å²) in [7, 11) is 0. The normalized spacial score (nSPS) is 40.1. The Labute approximate surface area is 99.8 Å². The highest BCUT2D eigenvalue weighted by atomic mass is 16.3. The molecule has 0 aromatic heterocycles. The smallest absolute Gasteiger partial charge is 0.0693 e. The Morgan fingerprint density at radius 1 is 1.06 bits per heavy atom. The van der Waals surface area contributed by atoms with E-state index in [1.807, 2.05) is 0 Å². The quantitative estimate of drug-likeness (QED) is 0.771. The van der Waals surface area contributed by atoms with Crippen LogP contribution in [0.5, 0.6) is 0 Å². The van der Waals surface area contributed by atoms with Crippen molar-refractivity contribution in [2.75, 3.05) is 0 Å². The number of hydrogen-bond acceptors (Lipinski definition) is 2. The predicted octanol–water partition coefficient (Wildman–Crippen LogP) is 2.85. The van der Waals surface area contributed by atoms with Crippen LogP contribution in [0.25, 0.3) is 0 Å². The van der Waals surface area contributed by atoms with Gasteiger partial charge in [0.2, 0.25) is 0 Å². The first kappa shape index (κ1) is 12.4. The van der Waals surface area contributed by atoms with Crippen LogP contribution in [-0.4, -0.2) is 23.3 Å². The van der Waals surface area contributed by atoms with Gasteiger partial charge in [0.15, 0.2) is 0 Å². The highest BCUT2D eigenvalue weighted by molar-refractivity contribution is 4.87. The fourth-order valence-electron chi connectivity index (χ4n) is 3.46. The van der Waals surface area contributed by atoms with Gasteiger partial charge in [-0.3, -0.25) is 0 Å². The molecule has 2 rings (SSSR count). The number of hydrogen-bond donors (Lipinski definition) is 2. The van der Waals surface area contributed by atoms with Gasteiger partial charge in [0.05, 0.1) is 6.10 Å². The number of aliphatic hydroxyl groups excluding tert-OH is 1. The van der Waals surface area contributed by atoms with Crippen LogP contribution in [0, 0.1) is 5.92 Å². The first-order valence-corrected chi connectivity index (χ1v) is 7.23. The van der Waals surface area contributed by atoms with E-state index < -0.39 is 0 Å². The molecule has 0 bridgehead atoms. The SMILES string of the molecule is CCCC1CCC(N[C@@H]2CCC[C@H]2O)CC1. The highest BCUT2D eigenvalue weighted by Gasteiger charge is 2.29. The maximum Gasteiger partial charge on any atom is 0.0693 e. The minimum atomic E-state index is -0.0756. The lowest BCUT2D eigenvalue weighted by molar-refractivity contribution is 0.134. The molecule has 94 valence electrons. The molecule has 2 aliphatic rings. The van der Waals surface area contributed by atoms with E-state index in [-0.39, 0.29) is 6.10 Å². The Balaban J connectivity index is 1.68. The van der Waals surface area contributed by atoms with Crippen molar-refractivity contribution in [1.82, 2.24) is 5.32 Å². The number of rotatable bonds is 4. The summed E-state index contributed by atoms with van der Waals surface area (Å²) in [6.07, 6.45) is 11.5. The van der Waals surface area contributed by atoms with E-state index >= 15 is 0 Å². The van der Waals surface area contributed by atoms with Gasteiger partial charge in [-0.05, 0) is 50.9 Å². The zero-order valence-electron chi connectivity index (χ0n) is 10.6. The maximum atomic E-state index is 9.79. The van der Waals surface area contributed by atoms with Gasteiger partial charge in [0.1, 0.15) is 0 Å². The molecule has 2 nitrogen and oxygen atoms in total.